The number of nitrogens with one attached hydrogen (secondary N) is 1. The van der Waals surface area contributed by atoms with E-state index in [0.29, 0.717) is 31.7 Å². The summed E-state index contributed by atoms with van der Waals surface area (Å²) in [7, 11) is -3.16. The lowest BCUT2D eigenvalue weighted by Crippen LogP contribution is -2.53. The van der Waals surface area contributed by atoms with Crippen molar-refractivity contribution in [3.63, 3.8) is 0 Å². The summed E-state index contributed by atoms with van der Waals surface area (Å²) < 4.78 is 26.5. The third kappa shape index (κ3) is 4.70. The average Bonchev–Trinajstić information content (AvgIpc) is 2.35. The van der Waals surface area contributed by atoms with Crippen LogP contribution in [0.15, 0.2) is 0 Å². The van der Waals surface area contributed by atoms with E-state index in [1.54, 1.807) is 11.2 Å². The summed E-state index contributed by atoms with van der Waals surface area (Å²) in [6, 6.07) is 0.806. The zero-order valence-electron chi connectivity index (χ0n) is 12.9. The maximum absolute atomic E-state index is 12.4. The van der Waals surface area contributed by atoms with Crippen LogP contribution < -0.4 is 5.32 Å². The molecular formula is C13H29N3O2S. The zero-order chi connectivity index (χ0) is 14.6. The Hall–Kier alpha value is -0.170. The van der Waals surface area contributed by atoms with Crippen molar-refractivity contribution in [1.82, 2.24) is 14.5 Å². The third-order valence-corrected chi connectivity index (χ3v) is 5.95. The van der Waals surface area contributed by atoms with Crippen LogP contribution >= 0.6 is 0 Å². The van der Waals surface area contributed by atoms with Crippen molar-refractivity contribution < 1.29 is 8.42 Å². The summed E-state index contributed by atoms with van der Waals surface area (Å²) in [5, 5.41) is 2.84. The second kappa shape index (κ2) is 7.02. The van der Waals surface area contributed by atoms with Gasteiger partial charge in [-0.05, 0) is 20.8 Å². The van der Waals surface area contributed by atoms with Crippen molar-refractivity contribution in [3.05, 3.63) is 0 Å². The Bertz CT molecular complexity index is 360. The summed E-state index contributed by atoms with van der Waals surface area (Å²) >= 11 is 0. The average molecular weight is 291 g/mol. The lowest BCUT2D eigenvalue weighted by Gasteiger charge is -2.37. The maximum atomic E-state index is 12.4. The topological polar surface area (TPSA) is 52.7 Å². The third-order valence-electron chi connectivity index (χ3n) is 3.69. The predicted octanol–water partition coefficient (Wildman–Crippen LogP) is 0.729. The number of sulfonamides is 1. The van der Waals surface area contributed by atoms with Gasteiger partial charge in [-0.25, -0.2) is 8.42 Å². The standard InChI is InChI=1S/C13H29N3O2S/c1-11(2)14-10-13(5)19(17,18)16-8-6-15(7-9-16)12(3)4/h11-14H,6-10H2,1-5H3. The van der Waals surface area contributed by atoms with E-state index in [-0.39, 0.29) is 5.25 Å². The van der Waals surface area contributed by atoms with E-state index in [0.717, 1.165) is 13.1 Å². The lowest BCUT2D eigenvalue weighted by molar-refractivity contribution is 0.153. The minimum absolute atomic E-state index is 0.315. The maximum Gasteiger partial charge on any atom is 0.218 e. The molecule has 1 rings (SSSR count). The van der Waals surface area contributed by atoms with Crippen molar-refractivity contribution in [2.45, 2.75) is 52.0 Å². The first-order valence-corrected chi connectivity index (χ1v) is 8.72. The Kier molecular flexibility index (Phi) is 6.23. The van der Waals surface area contributed by atoms with Gasteiger partial charge in [-0.1, -0.05) is 13.8 Å². The molecule has 0 saturated carbocycles. The van der Waals surface area contributed by atoms with E-state index in [1.807, 2.05) is 13.8 Å². The summed E-state index contributed by atoms with van der Waals surface area (Å²) in [5.41, 5.74) is 0. The quantitative estimate of drug-likeness (QED) is 0.784. The number of hydrogen-bond acceptors (Lipinski definition) is 4. The van der Waals surface area contributed by atoms with Crippen LogP contribution in [-0.2, 0) is 10.0 Å². The van der Waals surface area contributed by atoms with Crippen LogP contribution in [0.2, 0.25) is 0 Å². The monoisotopic (exact) mass is 291 g/mol. The molecule has 0 aromatic rings. The van der Waals surface area contributed by atoms with Gasteiger partial charge in [-0.2, -0.15) is 4.31 Å². The van der Waals surface area contributed by atoms with Gasteiger partial charge in [0.25, 0.3) is 0 Å². The first-order valence-electron chi connectivity index (χ1n) is 7.21. The van der Waals surface area contributed by atoms with E-state index in [1.165, 1.54) is 0 Å². The van der Waals surface area contributed by atoms with Gasteiger partial charge >= 0.3 is 0 Å². The summed E-state index contributed by atoms with van der Waals surface area (Å²) in [6.07, 6.45) is 0. The minimum atomic E-state index is -3.16. The normalized spacial score (nSPS) is 21.2. The first kappa shape index (κ1) is 16.9. The largest absolute Gasteiger partial charge is 0.313 e. The number of piperazine rings is 1. The fourth-order valence-corrected chi connectivity index (χ4v) is 3.72. The van der Waals surface area contributed by atoms with Crippen LogP contribution in [0.1, 0.15) is 34.6 Å². The van der Waals surface area contributed by atoms with E-state index >= 15 is 0 Å². The van der Waals surface area contributed by atoms with Crippen LogP contribution in [0.5, 0.6) is 0 Å². The van der Waals surface area contributed by atoms with Crippen LogP contribution in [0.3, 0.4) is 0 Å². The Balaban J connectivity index is 2.54. The number of nitrogens with zero attached hydrogens (tertiary/aromatic N) is 2. The molecule has 1 aliphatic heterocycles. The summed E-state index contributed by atoms with van der Waals surface area (Å²) in [5.74, 6) is 0. The second-order valence-corrected chi connectivity index (χ2v) is 8.30. The lowest BCUT2D eigenvalue weighted by atomic mass is 10.3. The van der Waals surface area contributed by atoms with E-state index in [9.17, 15) is 8.42 Å². The van der Waals surface area contributed by atoms with Gasteiger partial charge in [0.05, 0.1) is 5.25 Å². The van der Waals surface area contributed by atoms with Crippen molar-refractivity contribution in [2.75, 3.05) is 32.7 Å². The van der Waals surface area contributed by atoms with Crippen LogP contribution in [0, 0.1) is 0 Å². The molecule has 114 valence electrons. The molecule has 1 saturated heterocycles. The fraction of sp³-hybridized carbons (Fsp3) is 1.00. The molecule has 0 radical (unpaired) electrons. The molecule has 0 bridgehead atoms. The molecule has 0 aromatic carbocycles. The minimum Gasteiger partial charge on any atom is -0.313 e. The van der Waals surface area contributed by atoms with E-state index < -0.39 is 10.0 Å². The van der Waals surface area contributed by atoms with Crippen molar-refractivity contribution >= 4 is 10.0 Å². The van der Waals surface area contributed by atoms with E-state index in [2.05, 4.69) is 24.1 Å². The highest BCUT2D eigenvalue weighted by Gasteiger charge is 2.31. The molecule has 0 amide bonds. The predicted molar refractivity (Wildman–Crippen MR) is 79.8 cm³/mol. The highest BCUT2D eigenvalue weighted by atomic mass is 32.2. The Morgan fingerprint density at radius 1 is 1.00 bits per heavy atom. The van der Waals surface area contributed by atoms with E-state index in [4.69, 9.17) is 0 Å². The number of hydrogen-bond donors (Lipinski definition) is 1. The molecule has 1 N–H and O–H groups in total. The van der Waals surface area contributed by atoms with Gasteiger partial charge in [-0.15, -0.1) is 0 Å². The van der Waals surface area contributed by atoms with Gasteiger partial charge in [0, 0.05) is 44.8 Å². The molecule has 1 aliphatic rings. The fourth-order valence-electron chi connectivity index (χ4n) is 2.24. The molecule has 6 heteroatoms. The molecule has 1 unspecified atom stereocenters. The molecule has 1 fully saturated rings. The summed E-state index contributed by atoms with van der Waals surface area (Å²) in [4.78, 5) is 2.32. The molecule has 1 heterocycles. The smallest absolute Gasteiger partial charge is 0.218 e. The van der Waals surface area contributed by atoms with Gasteiger partial charge < -0.3 is 5.32 Å². The van der Waals surface area contributed by atoms with Gasteiger partial charge in [0.15, 0.2) is 0 Å². The van der Waals surface area contributed by atoms with Crippen molar-refractivity contribution in [1.29, 1.82) is 0 Å². The van der Waals surface area contributed by atoms with Crippen LogP contribution in [-0.4, -0.2) is 67.7 Å². The SMILES string of the molecule is CC(C)NCC(C)S(=O)(=O)N1CCN(C(C)C)CC1. The Morgan fingerprint density at radius 3 is 1.95 bits per heavy atom. The van der Waals surface area contributed by atoms with Crippen molar-refractivity contribution in [2.24, 2.45) is 0 Å². The highest BCUT2D eigenvalue weighted by Crippen LogP contribution is 2.13. The zero-order valence-corrected chi connectivity index (χ0v) is 13.7. The van der Waals surface area contributed by atoms with Crippen LogP contribution in [0.25, 0.3) is 0 Å². The van der Waals surface area contributed by atoms with Gasteiger partial charge in [-0.3, -0.25) is 4.90 Å². The second-order valence-electron chi connectivity index (χ2n) is 5.95. The highest BCUT2D eigenvalue weighted by molar-refractivity contribution is 7.89. The first-order chi connectivity index (χ1) is 8.75. The molecule has 0 aliphatic carbocycles. The van der Waals surface area contributed by atoms with Crippen LogP contribution in [0.4, 0.5) is 0 Å². The van der Waals surface area contributed by atoms with Crippen molar-refractivity contribution in [3.8, 4) is 0 Å². The van der Waals surface area contributed by atoms with Gasteiger partial charge in [0.2, 0.25) is 10.0 Å². The molecule has 0 aromatic heterocycles. The Morgan fingerprint density at radius 2 is 1.53 bits per heavy atom. The molecular weight excluding hydrogens is 262 g/mol. The van der Waals surface area contributed by atoms with Gasteiger partial charge in [0.1, 0.15) is 0 Å². The summed E-state index contributed by atoms with van der Waals surface area (Å²) in [6.45, 7) is 13.6. The molecule has 1 atom stereocenters. The Labute approximate surface area is 118 Å². The molecule has 0 spiro atoms. The molecule has 5 nitrogen and oxygen atoms in total. The molecule has 19 heavy (non-hydrogen) atoms. The number of rotatable bonds is 6.